The molecular formula is C24H25N5O2. The summed E-state index contributed by atoms with van der Waals surface area (Å²) in [6.07, 6.45) is 0. The maximum Gasteiger partial charge on any atom is 0.263 e. The SMILES string of the molecule is Cc1noc(C)c1Cn1c(N2CCN(c3ccccc3)CC2)nc2ccccc2c1=O. The van der Waals surface area contributed by atoms with E-state index in [0.717, 1.165) is 48.7 Å². The number of nitrogens with zero attached hydrogens (tertiary/aromatic N) is 5. The van der Waals surface area contributed by atoms with Gasteiger partial charge in [-0.2, -0.15) is 0 Å². The maximum absolute atomic E-state index is 13.5. The standard InChI is InChI=1S/C24H25N5O2/c1-17-21(18(2)31-26-17)16-29-23(30)20-10-6-7-11-22(20)25-24(29)28-14-12-27(13-15-28)19-8-4-3-5-9-19/h3-11H,12-16H2,1-2H3. The van der Waals surface area contributed by atoms with Crippen LogP contribution in [0.15, 0.2) is 63.9 Å². The monoisotopic (exact) mass is 415 g/mol. The average Bonchev–Trinajstić information content (AvgIpc) is 3.13. The molecule has 0 saturated carbocycles. The number of hydrogen-bond donors (Lipinski definition) is 0. The number of piperazine rings is 1. The highest BCUT2D eigenvalue weighted by molar-refractivity contribution is 5.78. The van der Waals surface area contributed by atoms with Crippen molar-refractivity contribution in [1.82, 2.24) is 14.7 Å². The fraction of sp³-hybridized carbons (Fsp3) is 0.292. The quantitative estimate of drug-likeness (QED) is 0.509. The highest BCUT2D eigenvalue weighted by Crippen LogP contribution is 2.22. The number of aromatic nitrogens is 3. The molecule has 3 heterocycles. The molecule has 31 heavy (non-hydrogen) atoms. The Hall–Kier alpha value is -3.61. The van der Waals surface area contributed by atoms with E-state index in [9.17, 15) is 4.79 Å². The van der Waals surface area contributed by atoms with Crippen LogP contribution >= 0.6 is 0 Å². The lowest BCUT2D eigenvalue weighted by Gasteiger charge is -2.37. The van der Waals surface area contributed by atoms with Crippen molar-refractivity contribution in [3.8, 4) is 0 Å². The molecule has 0 amide bonds. The van der Waals surface area contributed by atoms with E-state index in [4.69, 9.17) is 9.51 Å². The van der Waals surface area contributed by atoms with Gasteiger partial charge in [0.1, 0.15) is 5.76 Å². The highest BCUT2D eigenvalue weighted by atomic mass is 16.5. The lowest BCUT2D eigenvalue weighted by molar-refractivity contribution is 0.392. The first-order valence-electron chi connectivity index (χ1n) is 10.6. The van der Waals surface area contributed by atoms with Crippen molar-refractivity contribution >= 4 is 22.5 Å². The van der Waals surface area contributed by atoms with Crippen molar-refractivity contribution in [2.75, 3.05) is 36.0 Å². The molecule has 2 aromatic carbocycles. The summed E-state index contributed by atoms with van der Waals surface area (Å²) in [5.74, 6) is 1.44. The third-order valence-corrected chi connectivity index (χ3v) is 6.02. The van der Waals surface area contributed by atoms with Gasteiger partial charge in [0.2, 0.25) is 5.95 Å². The second-order valence-electron chi connectivity index (χ2n) is 7.93. The molecule has 0 radical (unpaired) electrons. The van der Waals surface area contributed by atoms with E-state index in [1.807, 2.05) is 44.2 Å². The normalized spacial score (nSPS) is 14.4. The molecule has 0 aliphatic carbocycles. The van der Waals surface area contributed by atoms with Gasteiger partial charge in [-0.1, -0.05) is 35.5 Å². The third-order valence-electron chi connectivity index (χ3n) is 6.02. The topological polar surface area (TPSA) is 67.4 Å². The Kier molecular flexibility index (Phi) is 4.94. The Morgan fingerprint density at radius 2 is 1.58 bits per heavy atom. The van der Waals surface area contributed by atoms with Gasteiger partial charge in [-0.25, -0.2) is 4.98 Å². The second-order valence-corrected chi connectivity index (χ2v) is 7.93. The minimum atomic E-state index is -0.0360. The number of fused-ring (bicyclic) bond motifs is 1. The average molecular weight is 415 g/mol. The molecule has 1 fully saturated rings. The van der Waals surface area contributed by atoms with E-state index >= 15 is 0 Å². The van der Waals surface area contributed by atoms with Gasteiger partial charge < -0.3 is 14.3 Å². The molecule has 5 rings (SSSR count). The molecule has 1 aliphatic rings. The van der Waals surface area contributed by atoms with Crippen molar-refractivity contribution < 1.29 is 4.52 Å². The van der Waals surface area contributed by atoms with Gasteiger partial charge in [-0.05, 0) is 38.1 Å². The molecule has 4 aromatic rings. The molecule has 7 heteroatoms. The molecule has 1 saturated heterocycles. The largest absolute Gasteiger partial charge is 0.368 e. The Morgan fingerprint density at radius 1 is 0.903 bits per heavy atom. The minimum absolute atomic E-state index is 0.0360. The summed E-state index contributed by atoms with van der Waals surface area (Å²) in [7, 11) is 0. The molecule has 158 valence electrons. The summed E-state index contributed by atoms with van der Waals surface area (Å²) in [6.45, 7) is 7.52. The first-order chi connectivity index (χ1) is 15.1. The number of anilines is 2. The van der Waals surface area contributed by atoms with Crippen molar-refractivity contribution in [2.24, 2.45) is 0 Å². The summed E-state index contributed by atoms with van der Waals surface area (Å²) in [6, 6.07) is 18.0. The van der Waals surface area contributed by atoms with Crippen LogP contribution in [-0.4, -0.2) is 40.9 Å². The molecule has 0 spiro atoms. The number of aryl methyl sites for hydroxylation is 2. The maximum atomic E-state index is 13.5. The van der Waals surface area contributed by atoms with Gasteiger partial charge in [-0.3, -0.25) is 9.36 Å². The summed E-state index contributed by atoms with van der Waals surface area (Å²) < 4.78 is 7.11. The molecular weight excluding hydrogens is 390 g/mol. The molecule has 0 N–H and O–H groups in total. The van der Waals surface area contributed by atoms with Gasteiger partial charge in [0, 0.05) is 37.4 Å². The smallest absolute Gasteiger partial charge is 0.263 e. The zero-order valence-corrected chi connectivity index (χ0v) is 17.8. The van der Waals surface area contributed by atoms with E-state index in [-0.39, 0.29) is 5.56 Å². The molecule has 0 bridgehead atoms. The van der Waals surface area contributed by atoms with Crippen LogP contribution in [-0.2, 0) is 6.54 Å². The Labute approximate surface area is 180 Å². The van der Waals surface area contributed by atoms with Crippen LogP contribution in [0.25, 0.3) is 10.9 Å². The predicted molar refractivity (Wildman–Crippen MR) is 122 cm³/mol. The van der Waals surface area contributed by atoms with Crippen LogP contribution < -0.4 is 15.4 Å². The van der Waals surface area contributed by atoms with Crippen molar-refractivity contribution in [3.63, 3.8) is 0 Å². The lowest BCUT2D eigenvalue weighted by atomic mass is 10.2. The Bertz CT molecular complexity index is 1250. The van der Waals surface area contributed by atoms with Gasteiger partial charge in [0.05, 0.1) is 23.1 Å². The van der Waals surface area contributed by atoms with E-state index in [2.05, 4.69) is 39.2 Å². The summed E-state index contributed by atoms with van der Waals surface area (Å²) in [4.78, 5) is 23.0. The van der Waals surface area contributed by atoms with Crippen LogP contribution in [0.5, 0.6) is 0 Å². The molecule has 2 aromatic heterocycles. The van der Waals surface area contributed by atoms with Crippen molar-refractivity contribution in [2.45, 2.75) is 20.4 Å². The third kappa shape index (κ3) is 3.56. The lowest BCUT2D eigenvalue weighted by Crippen LogP contribution is -2.48. The Balaban J connectivity index is 1.52. The van der Waals surface area contributed by atoms with E-state index in [1.54, 1.807) is 4.57 Å². The minimum Gasteiger partial charge on any atom is -0.368 e. The van der Waals surface area contributed by atoms with Crippen LogP contribution in [0.4, 0.5) is 11.6 Å². The predicted octanol–water partition coefficient (Wildman–Crippen LogP) is 3.38. The van der Waals surface area contributed by atoms with Crippen LogP contribution in [0.1, 0.15) is 17.0 Å². The van der Waals surface area contributed by atoms with Gasteiger partial charge in [0.15, 0.2) is 0 Å². The van der Waals surface area contributed by atoms with Gasteiger partial charge in [0.25, 0.3) is 5.56 Å². The number of benzene rings is 2. The van der Waals surface area contributed by atoms with E-state index < -0.39 is 0 Å². The molecule has 1 aliphatic heterocycles. The molecule has 7 nitrogen and oxygen atoms in total. The van der Waals surface area contributed by atoms with Crippen LogP contribution in [0.2, 0.25) is 0 Å². The van der Waals surface area contributed by atoms with Crippen molar-refractivity contribution in [1.29, 1.82) is 0 Å². The second kappa shape index (κ2) is 7.91. The number of para-hydroxylation sites is 2. The van der Waals surface area contributed by atoms with Gasteiger partial charge >= 0.3 is 0 Å². The van der Waals surface area contributed by atoms with E-state index in [1.165, 1.54) is 5.69 Å². The first-order valence-corrected chi connectivity index (χ1v) is 10.6. The number of hydrogen-bond acceptors (Lipinski definition) is 6. The zero-order chi connectivity index (χ0) is 21.4. The first kappa shape index (κ1) is 19.4. The van der Waals surface area contributed by atoms with E-state index in [0.29, 0.717) is 17.9 Å². The summed E-state index contributed by atoms with van der Waals surface area (Å²) in [5, 5.41) is 4.68. The van der Waals surface area contributed by atoms with Crippen molar-refractivity contribution in [3.05, 3.63) is 82.0 Å². The van der Waals surface area contributed by atoms with Crippen LogP contribution in [0, 0.1) is 13.8 Å². The summed E-state index contributed by atoms with van der Waals surface area (Å²) in [5.41, 5.74) is 3.65. The molecule has 0 atom stereocenters. The molecule has 0 unspecified atom stereocenters. The highest BCUT2D eigenvalue weighted by Gasteiger charge is 2.23. The fourth-order valence-corrected chi connectivity index (χ4v) is 4.23. The zero-order valence-electron chi connectivity index (χ0n) is 17.8. The number of rotatable bonds is 4. The van der Waals surface area contributed by atoms with Crippen LogP contribution in [0.3, 0.4) is 0 Å². The summed E-state index contributed by atoms with van der Waals surface area (Å²) >= 11 is 0. The fourth-order valence-electron chi connectivity index (χ4n) is 4.23. The Morgan fingerprint density at radius 3 is 2.29 bits per heavy atom. The van der Waals surface area contributed by atoms with Gasteiger partial charge in [-0.15, -0.1) is 0 Å².